The number of amides is 2. The highest BCUT2D eigenvalue weighted by Crippen LogP contribution is 2.49. The molecular formula is C25H25BrN4O4. The van der Waals surface area contributed by atoms with Crippen LogP contribution in [0, 0.1) is 0 Å². The molecule has 0 spiro atoms. The molecule has 0 unspecified atom stereocenters. The average Bonchev–Trinajstić information content (AvgIpc) is 3.39. The number of Topliss-reactive ketones (excluding diaryl/α,β-unsaturated/α-hetero) is 1. The van der Waals surface area contributed by atoms with Gasteiger partial charge in [0, 0.05) is 41.2 Å². The molecule has 1 aliphatic rings. The zero-order valence-corrected chi connectivity index (χ0v) is 20.9. The number of halogens is 1. The van der Waals surface area contributed by atoms with Crippen molar-refractivity contribution >= 4 is 39.4 Å². The smallest absolute Gasteiger partial charge is 0.408 e. The number of methoxy groups -OCH3 is 1. The van der Waals surface area contributed by atoms with Gasteiger partial charge >= 0.3 is 6.09 Å². The minimum Gasteiger partial charge on any atom is -0.453 e. The van der Waals surface area contributed by atoms with Crippen LogP contribution in [0.3, 0.4) is 0 Å². The van der Waals surface area contributed by atoms with Crippen molar-refractivity contribution in [1.29, 1.82) is 0 Å². The van der Waals surface area contributed by atoms with Crippen molar-refractivity contribution in [2.24, 2.45) is 0 Å². The van der Waals surface area contributed by atoms with Crippen molar-refractivity contribution in [3.63, 3.8) is 0 Å². The van der Waals surface area contributed by atoms with E-state index in [0.29, 0.717) is 21.3 Å². The number of alkyl carbamates (subject to hydrolysis) is 1. The van der Waals surface area contributed by atoms with Gasteiger partial charge in [-0.2, -0.15) is 0 Å². The summed E-state index contributed by atoms with van der Waals surface area (Å²) in [6.07, 6.45) is 2.46. The molecule has 0 saturated carbocycles. The Labute approximate surface area is 206 Å². The van der Waals surface area contributed by atoms with Gasteiger partial charge < -0.3 is 19.5 Å². The third kappa shape index (κ3) is 3.69. The van der Waals surface area contributed by atoms with Gasteiger partial charge in [-0.05, 0) is 37.6 Å². The first-order chi connectivity index (χ1) is 16.2. The SMILES string of the molecule is COC(=O)N[C@@]1([C@H](C(=O)c2nccn2C(C)C)c2ccccc2)C(=O)N(C)c2ccc(Br)cc21. The molecule has 3 aromatic rings. The monoisotopic (exact) mass is 524 g/mol. The minimum absolute atomic E-state index is 0.0363. The predicted molar refractivity (Wildman–Crippen MR) is 131 cm³/mol. The highest BCUT2D eigenvalue weighted by atomic mass is 79.9. The maximum Gasteiger partial charge on any atom is 0.408 e. The average molecular weight is 525 g/mol. The quantitative estimate of drug-likeness (QED) is 0.481. The lowest BCUT2D eigenvalue weighted by molar-refractivity contribution is -0.124. The van der Waals surface area contributed by atoms with Crippen molar-refractivity contribution < 1.29 is 19.1 Å². The summed E-state index contributed by atoms with van der Waals surface area (Å²) < 4.78 is 7.38. The Hall–Kier alpha value is -3.46. The highest BCUT2D eigenvalue weighted by Gasteiger charge is 2.59. The van der Waals surface area contributed by atoms with Crippen LogP contribution in [-0.2, 0) is 15.1 Å². The van der Waals surface area contributed by atoms with E-state index in [4.69, 9.17) is 4.74 Å². The Bertz CT molecular complexity index is 1260. The van der Waals surface area contributed by atoms with Crippen molar-refractivity contribution in [1.82, 2.24) is 14.9 Å². The number of likely N-dealkylation sites (N-methyl/N-ethyl adjacent to an activating group) is 1. The summed E-state index contributed by atoms with van der Waals surface area (Å²) in [5.74, 6) is -1.75. The summed E-state index contributed by atoms with van der Waals surface area (Å²) in [5, 5.41) is 2.76. The van der Waals surface area contributed by atoms with E-state index in [1.54, 1.807) is 60.4 Å². The number of imidazole rings is 1. The molecule has 2 aromatic carbocycles. The number of carbonyl (C=O) groups is 3. The van der Waals surface area contributed by atoms with Gasteiger partial charge in [0.2, 0.25) is 5.78 Å². The number of carbonyl (C=O) groups excluding carboxylic acids is 3. The van der Waals surface area contributed by atoms with Crippen LogP contribution < -0.4 is 10.2 Å². The summed E-state index contributed by atoms with van der Waals surface area (Å²) in [6, 6.07) is 14.3. The third-order valence-corrected chi connectivity index (χ3v) is 6.64. The Morgan fingerprint density at radius 2 is 1.85 bits per heavy atom. The number of benzene rings is 2. The van der Waals surface area contributed by atoms with E-state index in [9.17, 15) is 14.4 Å². The number of fused-ring (bicyclic) bond motifs is 1. The maximum absolute atomic E-state index is 14.3. The second-order valence-electron chi connectivity index (χ2n) is 8.41. The van der Waals surface area contributed by atoms with E-state index in [1.165, 1.54) is 12.0 Å². The van der Waals surface area contributed by atoms with E-state index in [1.807, 2.05) is 26.0 Å². The largest absolute Gasteiger partial charge is 0.453 e. The van der Waals surface area contributed by atoms with Crippen LogP contribution in [0.2, 0.25) is 0 Å². The number of anilines is 1. The lowest BCUT2D eigenvalue weighted by Gasteiger charge is -2.36. The Kier molecular flexibility index (Phi) is 6.31. The maximum atomic E-state index is 14.3. The van der Waals surface area contributed by atoms with Gasteiger partial charge in [-0.25, -0.2) is 9.78 Å². The van der Waals surface area contributed by atoms with Gasteiger partial charge in [-0.1, -0.05) is 46.3 Å². The topological polar surface area (TPSA) is 93.5 Å². The first kappa shape index (κ1) is 23.7. The molecule has 1 N–H and O–H groups in total. The van der Waals surface area contributed by atoms with Crippen LogP contribution >= 0.6 is 15.9 Å². The number of ether oxygens (including phenoxy) is 1. The molecule has 0 aliphatic carbocycles. The molecule has 34 heavy (non-hydrogen) atoms. The van der Waals surface area contributed by atoms with E-state index in [0.717, 1.165) is 0 Å². The van der Waals surface area contributed by atoms with Crippen LogP contribution in [0.25, 0.3) is 0 Å². The van der Waals surface area contributed by atoms with Crippen molar-refractivity contribution in [3.8, 4) is 0 Å². The number of ketones is 1. The van der Waals surface area contributed by atoms with E-state index in [-0.39, 0.29) is 11.9 Å². The molecule has 2 amide bonds. The fourth-order valence-corrected chi connectivity index (χ4v) is 4.94. The van der Waals surface area contributed by atoms with Crippen molar-refractivity contribution in [3.05, 3.63) is 82.3 Å². The van der Waals surface area contributed by atoms with Gasteiger partial charge in [-0.3, -0.25) is 9.59 Å². The molecule has 1 aliphatic heterocycles. The van der Waals surface area contributed by atoms with Crippen LogP contribution in [0.15, 0.2) is 65.4 Å². The standard InChI is InChI=1S/C25H25BrN4O4/c1-15(2)30-13-12-27-22(30)21(31)20(16-8-6-5-7-9-16)25(28-24(33)34-4)18-14-17(26)10-11-19(18)29(3)23(25)32/h5-15,20H,1-4H3,(H,28,33)/t20-,25-/m0/s1. The molecule has 176 valence electrons. The zero-order chi connectivity index (χ0) is 24.6. The van der Waals surface area contributed by atoms with Gasteiger partial charge in [-0.15, -0.1) is 0 Å². The van der Waals surface area contributed by atoms with Crippen LogP contribution in [0.4, 0.5) is 10.5 Å². The molecule has 0 saturated heterocycles. The number of hydrogen-bond acceptors (Lipinski definition) is 5. The summed E-state index contributed by atoms with van der Waals surface area (Å²) in [4.78, 5) is 46.8. The molecule has 9 heteroatoms. The number of nitrogens with zero attached hydrogens (tertiary/aromatic N) is 3. The summed E-state index contributed by atoms with van der Waals surface area (Å²) in [5.41, 5.74) is -0.111. The summed E-state index contributed by atoms with van der Waals surface area (Å²) in [6.45, 7) is 3.89. The van der Waals surface area contributed by atoms with Crippen LogP contribution in [-0.4, -0.2) is 41.5 Å². The molecular weight excluding hydrogens is 500 g/mol. The zero-order valence-electron chi connectivity index (χ0n) is 19.3. The molecule has 1 aromatic heterocycles. The number of aromatic nitrogens is 2. The normalized spacial score (nSPS) is 18.1. The highest BCUT2D eigenvalue weighted by molar-refractivity contribution is 9.10. The Balaban J connectivity index is 2.05. The molecule has 0 bridgehead atoms. The second-order valence-corrected chi connectivity index (χ2v) is 9.33. The van der Waals surface area contributed by atoms with Crippen LogP contribution in [0.5, 0.6) is 0 Å². The lowest BCUT2D eigenvalue weighted by atomic mass is 9.72. The van der Waals surface area contributed by atoms with E-state index >= 15 is 0 Å². The van der Waals surface area contributed by atoms with Crippen LogP contribution in [0.1, 0.15) is 47.6 Å². The Morgan fingerprint density at radius 1 is 1.15 bits per heavy atom. The third-order valence-electron chi connectivity index (χ3n) is 6.14. The van der Waals surface area contributed by atoms with Gasteiger partial charge in [0.15, 0.2) is 11.4 Å². The number of hydrogen-bond donors (Lipinski definition) is 1. The lowest BCUT2D eigenvalue weighted by Crippen LogP contribution is -2.58. The van der Waals surface area contributed by atoms with Gasteiger partial charge in [0.1, 0.15) is 0 Å². The molecule has 8 nitrogen and oxygen atoms in total. The predicted octanol–water partition coefficient (Wildman–Crippen LogP) is 4.42. The molecule has 2 heterocycles. The molecule has 0 fully saturated rings. The Morgan fingerprint density at radius 3 is 2.50 bits per heavy atom. The fraction of sp³-hybridized carbons (Fsp3) is 0.280. The second kappa shape index (κ2) is 9.06. The number of nitrogens with one attached hydrogen (secondary N) is 1. The van der Waals surface area contributed by atoms with Crippen molar-refractivity contribution in [2.75, 3.05) is 19.1 Å². The molecule has 0 radical (unpaired) electrons. The fourth-order valence-electron chi connectivity index (χ4n) is 4.58. The summed E-state index contributed by atoms with van der Waals surface area (Å²) >= 11 is 3.48. The number of rotatable bonds is 6. The molecule has 2 atom stereocenters. The first-order valence-corrected chi connectivity index (χ1v) is 11.6. The van der Waals surface area contributed by atoms with Gasteiger partial charge in [0.25, 0.3) is 5.91 Å². The van der Waals surface area contributed by atoms with Gasteiger partial charge in [0.05, 0.1) is 13.0 Å². The van der Waals surface area contributed by atoms with E-state index in [2.05, 4.69) is 26.2 Å². The minimum atomic E-state index is -1.76. The first-order valence-electron chi connectivity index (χ1n) is 10.8. The van der Waals surface area contributed by atoms with Crippen molar-refractivity contribution in [2.45, 2.75) is 31.3 Å². The molecule has 4 rings (SSSR count). The van der Waals surface area contributed by atoms with E-state index < -0.39 is 29.2 Å². The summed E-state index contributed by atoms with van der Waals surface area (Å²) in [7, 11) is 2.84.